The predicted octanol–water partition coefficient (Wildman–Crippen LogP) is 1.04. The Kier molecular flexibility index (Phi) is 5.80. The van der Waals surface area contributed by atoms with Crippen molar-refractivity contribution in [3.8, 4) is 11.5 Å². The summed E-state index contributed by atoms with van der Waals surface area (Å²) in [4.78, 5) is 26.0. The van der Waals surface area contributed by atoms with Gasteiger partial charge in [0.15, 0.2) is 11.5 Å². The van der Waals surface area contributed by atoms with E-state index in [1.165, 1.54) is 4.90 Å². The summed E-state index contributed by atoms with van der Waals surface area (Å²) in [6, 6.07) is 6.49. The van der Waals surface area contributed by atoms with Gasteiger partial charge in [-0.2, -0.15) is 5.10 Å². The van der Waals surface area contributed by atoms with Crippen LogP contribution in [0.2, 0.25) is 0 Å². The van der Waals surface area contributed by atoms with Gasteiger partial charge in [0.2, 0.25) is 5.91 Å². The van der Waals surface area contributed by atoms with E-state index in [1.54, 1.807) is 37.2 Å². The molecule has 1 N–H and O–H groups in total. The van der Waals surface area contributed by atoms with E-state index in [0.29, 0.717) is 24.6 Å². The summed E-state index contributed by atoms with van der Waals surface area (Å²) in [6.07, 6.45) is 2.98. The Morgan fingerprint density at radius 3 is 2.85 bits per heavy atom. The van der Waals surface area contributed by atoms with Gasteiger partial charge in [-0.1, -0.05) is 6.07 Å². The maximum Gasteiger partial charge on any atom is 0.410 e. The largest absolute Gasteiger partial charge is 0.493 e. The van der Waals surface area contributed by atoms with Crippen LogP contribution in [-0.4, -0.2) is 60.1 Å². The van der Waals surface area contributed by atoms with Gasteiger partial charge in [0.25, 0.3) is 0 Å². The summed E-state index contributed by atoms with van der Waals surface area (Å²) in [5.41, 5.74) is 0.806. The van der Waals surface area contributed by atoms with Crippen molar-refractivity contribution in [3.63, 3.8) is 0 Å². The number of hydrogen-bond donors (Lipinski definition) is 1. The smallest absolute Gasteiger partial charge is 0.410 e. The van der Waals surface area contributed by atoms with Crippen molar-refractivity contribution in [1.82, 2.24) is 20.0 Å². The number of cyclic esters (lactones) is 1. The maximum atomic E-state index is 12.5. The molecule has 9 nitrogen and oxygen atoms in total. The monoisotopic (exact) mass is 374 g/mol. The van der Waals surface area contributed by atoms with Gasteiger partial charge in [-0.15, -0.1) is 0 Å². The zero-order valence-corrected chi connectivity index (χ0v) is 15.3. The Morgan fingerprint density at radius 2 is 2.15 bits per heavy atom. The molecule has 1 aromatic carbocycles. The Morgan fingerprint density at radius 1 is 1.33 bits per heavy atom. The summed E-state index contributed by atoms with van der Waals surface area (Å²) >= 11 is 0. The first-order valence-corrected chi connectivity index (χ1v) is 8.52. The highest BCUT2D eigenvalue weighted by molar-refractivity contribution is 5.87. The third-order valence-corrected chi connectivity index (χ3v) is 4.28. The van der Waals surface area contributed by atoms with Crippen LogP contribution in [0.1, 0.15) is 5.56 Å². The Hall–Kier alpha value is -3.23. The van der Waals surface area contributed by atoms with Gasteiger partial charge >= 0.3 is 6.09 Å². The minimum absolute atomic E-state index is 0.0275. The fraction of sp³-hybridized carbons (Fsp3) is 0.389. The zero-order valence-electron chi connectivity index (χ0n) is 15.3. The number of ether oxygens (including phenoxy) is 3. The first-order valence-electron chi connectivity index (χ1n) is 8.52. The van der Waals surface area contributed by atoms with Crippen LogP contribution in [0, 0.1) is 0 Å². The third kappa shape index (κ3) is 4.30. The van der Waals surface area contributed by atoms with E-state index in [2.05, 4.69) is 10.4 Å². The van der Waals surface area contributed by atoms with Crippen LogP contribution >= 0.6 is 0 Å². The summed E-state index contributed by atoms with van der Waals surface area (Å²) in [5.74, 6) is 0.898. The van der Waals surface area contributed by atoms with Gasteiger partial charge in [-0.05, 0) is 23.8 Å². The predicted molar refractivity (Wildman–Crippen MR) is 95.5 cm³/mol. The molecule has 0 unspecified atom stereocenters. The summed E-state index contributed by atoms with van der Waals surface area (Å²) in [7, 11) is 3.10. The lowest BCUT2D eigenvalue weighted by Gasteiger charge is -2.21. The molecule has 1 aromatic heterocycles. The Bertz CT molecular complexity index is 793. The van der Waals surface area contributed by atoms with Crippen molar-refractivity contribution in [1.29, 1.82) is 0 Å². The number of hydrogen-bond acceptors (Lipinski definition) is 6. The molecular formula is C18H22N4O5. The van der Waals surface area contributed by atoms with E-state index < -0.39 is 12.1 Å². The number of methoxy groups -OCH3 is 2. The SMILES string of the molecule is COc1ccc(CN2C(=O)OC[C@H]2C(=O)NCCn2cccn2)cc1OC. The molecule has 1 atom stereocenters. The third-order valence-electron chi connectivity index (χ3n) is 4.28. The van der Waals surface area contributed by atoms with Crippen LogP contribution in [0.15, 0.2) is 36.7 Å². The zero-order chi connectivity index (χ0) is 19.2. The van der Waals surface area contributed by atoms with Gasteiger partial charge in [0.1, 0.15) is 12.6 Å². The first kappa shape index (κ1) is 18.6. The highest BCUT2D eigenvalue weighted by atomic mass is 16.6. The van der Waals surface area contributed by atoms with Crippen LogP contribution in [0.4, 0.5) is 4.79 Å². The summed E-state index contributed by atoms with van der Waals surface area (Å²) in [5, 5.41) is 6.90. The van der Waals surface area contributed by atoms with E-state index in [-0.39, 0.29) is 19.1 Å². The highest BCUT2D eigenvalue weighted by Crippen LogP contribution is 2.29. The normalized spacial score (nSPS) is 16.1. The molecule has 27 heavy (non-hydrogen) atoms. The van der Waals surface area contributed by atoms with E-state index in [4.69, 9.17) is 14.2 Å². The van der Waals surface area contributed by atoms with Crippen molar-refractivity contribution in [3.05, 3.63) is 42.2 Å². The van der Waals surface area contributed by atoms with E-state index in [1.807, 2.05) is 18.3 Å². The minimum Gasteiger partial charge on any atom is -0.493 e. The molecule has 2 aromatic rings. The molecule has 0 bridgehead atoms. The van der Waals surface area contributed by atoms with Crippen molar-refractivity contribution >= 4 is 12.0 Å². The first-order chi connectivity index (χ1) is 13.1. The second-order valence-corrected chi connectivity index (χ2v) is 5.97. The molecule has 0 radical (unpaired) electrons. The molecule has 3 rings (SSSR count). The van der Waals surface area contributed by atoms with Crippen LogP contribution in [0.5, 0.6) is 11.5 Å². The molecule has 1 aliphatic heterocycles. The van der Waals surface area contributed by atoms with Gasteiger partial charge in [-0.3, -0.25) is 14.4 Å². The quantitative estimate of drug-likeness (QED) is 0.742. The average Bonchev–Trinajstić information content (AvgIpc) is 3.32. The second-order valence-electron chi connectivity index (χ2n) is 5.97. The standard InChI is InChI=1S/C18H22N4O5/c1-25-15-5-4-13(10-16(15)26-2)11-22-14(12-27-18(22)24)17(23)19-7-9-21-8-3-6-20-21/h3-6,8,10,14H,7,9,11-12H2,1-2H3,(H,19,23)/t14-/m0/s1. The van der Waals surface area contributed by atoms with Crippen molar-refractivity contribution in [2.24, 2.45) is 0 Å². The molecule has 1 saturated heterocycles. The van der Waals surface area contributed by atoms with E-state index in [0.717, 1.165) is 5.56 Å². The molecular weight excluding hydrogens is 352 g/mol. The molecule has 2 heterocycles. The topological polar surface area (TPSA) is 94.9 Å². The van der Waals surface area contributed by atoms with E-state index in [9.17, 15) is 9.59 Å². The van der Waals surface area contributed by atoms with Crippen LogP contribution in [0.3, 0.4) is 0 Å². The molecule has 1 aliphatic rings. The molecule has 0 spiro atoms. The average molecular weight is 374 g/mol. The fourth-order valence-corrected chi connectivity index (χ4v) is 2.86. The minimum atomic E-state index is -0.678. The number of benzene rings is 1. The number of nitrogens with zero attached hydrogens (tertiary/aromatic N) is 3. The molecule has 9 heteroatoms. The lowest BCUT2D eigenvalue weighted by atomic mass is 10.1. The van der Waals surface area contributed by atoms with Crippen molar-refractivity contribution in [2.75, 3.05) is 27.4 Å². The lowest BCUT2D eigenvalue weighted by molar-refractivity contribution is -0.125. The summed E-state index contributed by atoms with van der Waals surface area (Å²) in [6.45, 7) is 1.22. The Labute approximate surface area is 156 Å². The van der Waals surface area contributed by atoms with Gasteiger partial charge in [0.05, 0.1) is 27.3 Å². The number of carbonyl (C=O) groups excluding carboxylic acids is 2. The molecule has 144 valence electrons. The molecule has 1 fully saturated rings. The molecule has 0 saturated carbocycles. The number of carbonyl (C=O) groups is 2. The Balaban J connectivity index is 1.62. The van der Waals surface area contributed by atoms with E-state index >= 15 is 0 Å². The van der Waals surface area contributed by atoms with Gasteiger partial charge < -0.3 is 19.5 Å². The van der Waals surface area contributed by atoms with Crippen LogP contribution in [0.25, 0.3) is 0 Å². The number of amides is 2. The molecule has 0 aliphatic carbocycles. The van der Waals surface area contributed by atoms with Crippen LogP contribution in [-0.2, 0) is 22.6 Å². The fourth-order valence-electron chi connectivity index (χ4n) is 2.86. The number of aromatic nitrogens is 2. The van der Waals surface area contributed by atoms with Crippen molar-refractivity contribution in [2.45, 2.75) is 19.1 Å². The lowest BCUT2D eigenvalue weighted by Crippen LogP contribution is -2.46. The highest BCUT2D eigenvalue weighted by Gasteiger charge is 2.37. The maximum absolute atomic E-state index is 12.5. The second kappa shape index (κ2) is 8.43. The van der Waals surface area contributed by atoms with Gasteiger partial charge in [0, 0.05) is 18.9 Å². The van der Waals surface area contributed by atoms with Crippen molar-refractivity contribution < 1.29 is 23.8 Å². The van der Waals surface area contributed by atoms with Gasteiger partial charge in [-0.25, -0.2) is 4.79 Å². The molecule has 2 amide bonds. The number of rotatable bonds is 8. The summed E-state index contributed by atoms with van der Waals surface area (Å²) < 4.78 is 17.3. The number of nitrogens with one attached hydrogen (secondary N) is 1. The van der Waals surface area contributed by atoms with Crippen LogP contribution < -0.4 is 14.8 Å².